The molecule has 0 aliphatic rings. The van der Waals surface area contributed by atoms with Gasteiger partial charge in [0.15, 0.2) is 5.84 Å². The molecule has 0 radical (unpaired) electrons. The molecule has 0 aliphatic heterocycles. The Kier molecular flexibility index (Phi) is 4.25. The van der Waals surface area contributed by atoms with Crippen molar-refractivity contribution in [1.82, 2.24) is 0 Å². The first-order valence-electron chi connectivity index (χ1n) is 4.39. The fourth-order valence-electron chi connectivity index (χ4n) is 1.01. The monoisotopic (exact) mass is 327 g/mol. The maximum atomic E-state index is 8.65. The summed E-state index contributed by atoms with van der Waals surface area (Å²) in [5.41, 5.74) is 9.55. The fourth-order valence-corrected chi connectivity index (χ4v) is 1.66. The third-order valence-corrected chi connectivity index (χ3v) is 2.51. The van der Waals surface area contributed by atoms with Gasteiger partial charge in [0.05, 0.1) is 5.69 Å². The van der Waals surface area contributed by atoms with E-state index in [9.17, 15) is 0 Å². The highest BCUT2D eigenvalue weighted by atomic mass is 127. The average Bonchev–Trinajstić information content (AvgIpc) is 2.21. The number of nitrogens with two attached hydrogens (primary N) is 1. The molecule has 0 aromatic heterocycles. The van der Waals surface area contributed by atoms with E-state index in [4.69, 9.17) is 16.4 Å². The van der Waals surface area contributed by atoms with E-state index in [1.54, 1.807) is 6.07 Å². The number of amidine groups is 1. The van der Waals surface area contributed by atoms with Gasteiger partial charge in [0.1, 0.15) is 6.07 Å². The summed E-state index contributed by atoms with van der Waals surface area (Å²) in [5.74, 6) is -0.349. The summed E-state index contributed by atoms with van der Waals surface area (Å²) in [7, 11) is 0. The van der Waals surface area contributed by atoms with Crippen LogP contribution in [0.15, 0.2) is 23.3 Å². The van der Waals surface area contributed by atoms with Crippen LogP contribution >= 0.6 is 22.6 Å². The summed E-state index contributed by atoms with van der Waals surface area (Å²) in [5, 5.41) is 19.5. The van der Waals surface area contributed by atoms with E-state index in [1.165, 1.54) is 0 Å². The average molecular weight is 327 g/mol. The highest BCUT2D eigenvalue weighted by Gasteiger charge is 2.02. The molecule has 82 valence electrons. The number of hydrogen-bond donors (Lipinski definition) is 3. The molecule has 16 heavy (non-hydrogen) atoms. The van der Waals surface area contributed by atoms with Crippen LogP contribution in [0.2, 0.25) is 0 Å². The molecule has 0 heterocycles. The Labute approximate surface area is 107 Å². The maximum absolute atomic E-state index is 8.65. The topological polar surface area (TPSA) is 98.0 Å². The van der Waals surface area contributed by atoms with Gasteiger partial charge in [-0.05, 0) is 53.3 Å². The van der Waals surface area contributed by atoms with Gasteiger partial charge in [-0.3, -0.25) is 10.8 Å². The van der Waals surface area contributed by atoms with E-state index in [-0.39, 0.29) is 11.5 Å². The lowest BCUT2D eigenvalue weighted by molar-refractivity contribution is 1.29. The molecule has 0 spiro atoms. The molecular formula is C10H10IN5. The van der Waals surface area contributed by atoms with E-state index in [0.717, 1.165) is 14.8 Å². The molecule has 1 aromatic carbocycles. The molecule has 6 heteroatoms. The Morgan fingerprint density at radius 2 is 2.31 bits per heavy atom. The van der Waals surface area contributed by atoms with E-state index < -0.39 is 0 Å². The highest BCUT2D eigenvalue weighted by Crippen LogP contribution is 2.17. The van der Waals surface area contributed by atoms with Crippen LogP contribution in [0.1, 0.15) is 5.56 Å². The van der Waals surface area contributed by atoms with Crippen molar-refractivity contribution in [2.24, 2.45) is 10.8 Å². The van der Waals surface area contributed by atoms with Gasteiger partial charge in [-0.2, -0.15) is 10.4 Å². The van der Waals surface area contributed by atoms with Crippen molar-refractivity contribution >= 4 is 39.8 Å². The van der Waals surface area contributed by atoms with Crippen LogP contribution in [-0.2, 0) is 0 Å². The molecule has 0 unspecified atom stereocenters. The zero-order valence-electron chi connectivity index (χ0n) is 8.58. The number of anilines is 1. The number of nitrogens with one attached hydrogen (secondary N) is 2. The normalized spacial score (nSPS) is 10.7. The van der Waals surface area contributed by atoms with Crippen LogP contribution in [0.5, 0.6) is 0 Å². The van der Waals surface area contributed by atoms with E-state index in [0.29, 0.717) is 0 Å². The summed E-state index contributed by atoms with van der Waals surface area (Å²) in [6, 6.07) is 7.50. The van der Waals surface area contributed by atoms with Crippen molar-refractivity contribution < 1.29 is 0 Å². The molecule has 0 saturated carbocycles. The van der Waals surface area contributed by atoms with E-state index in [1.807, 2.05) is 25.1 Å². The third kappa shape index (κ3) is 3.20. The quantitative estimate of drug-likeness (QED) is 0.342. The maximum Gasteiger partial charge on any atom is 0.201 e. The van der Waals surface area contributed by atoms with Gasteiger partial charge in [0.2, 0.25) is 5.71 Å². The van der Waals surface area contributed by atoms with Crippen molar-refractivity contribution in [2.45, 2.75) is 6.92 Å². The van der Waals surface area contributed by atoms with Crippen LogP contribution in [0, 0.1) is 27.2 Å². The summed E-state index contributed by atoms with van der Waals surface area (Å²) in [4.78, 5) is 0. The van der Waals surface area contributed by atoms with Crippen LogP contribution in [0.3, 0.4) is 0 Å². The zero-order valence-corrected chi connectivity index (χ0v) is 10.7. The van der Waals surface area contributed by atoms with Crippen LogP contribution in [0.4, 0.5) is 5.69 Å². The Morgan fingerprint density at radius 1 is 1.62 bits per heavy atom. The number of nitriles is 1. The number of hydrogen-bond acceptors (Lipinski definition) is 4. The van der Waals surface area contributed by atoms with E-state index >= 15 is 0 Å². The van der Waals surface area contributed by atoms with E-state index in [2.05, 4.69) is 33.1 Å². The number of rotatable bonds is 3. The predicted octanol–water partition coefficient (Wildman–Crippen LogP) is 1.83. The van der Waals surface area contributed by atoms with Crippen molar-refractivity contribution in [2.75, 3.05) is 5.43 Å². The first kappa shape index (κ1) is 12.4. The Hall–Kier alpha value is -1.62. The molecule has 0 amide bonds. The molecule has 0 bridgehead atoms. The van der Waals surface area contributed by atoms with Crippen LogP contribution in [-0.4, -0.2) is 11.5 Å². The molecule has 0 aliphatic carbocycles. The second-order valence-electron chi connectivity index (χ2n) is 3.06. The minimum absolute atomic E-state index is 0.127. The molecule has 1 rings (SSSR count). The lowest BCUT2D eigenvalue weighted by Gasteiger charge is -2.05. The van der Waals surface area contributed by atoms with Gasteiger partial charge in [0.25, 0.3) is 0 Å². The lowest BCUT2D eigenvalue weighted by atomic mass is 10.2. The Balaban J connectivity index is 2.90. The SMILES string of the molecule is Cc1cc(I)ccc1N/N=C(\C#N)C(=N)N. The van der Waals surface area contributed by atoms with Gasteiger partial charge in [0, 0.05) is 3.57 Å². The number of halogens is 1. The van der Waals surface area contributed by atoms with Gasteiger partial charge < -0.3 is 5.73 Å². The smallest absolute Gasteiger partial charge is 0.201 e. The van der Waals surface area contributed by atoms with Gasteiger partial charge >= 0.3 is 0 Å². The van der Waals surface area contributed by atoms with Crippen molar-refractivity contribution in [3.63, 3.8) is 0 Å². The largest absolute Gasteiger partial charge is 0.382 e. The summed E-state index contributed by atoms with van der Waals surface area (Å²) in [6.07, 6.45) is 0. The highest BCUT2D eigenvalue weighted by molar-refractivity contribution is 14.1. The summed E-state index contributed by atoms with van der Waals surface area (Å²) in [6.45, 7) is 1.93. The molecule has 0 atom stereocenters. The molecule has 1 aromatic rings. The number of nitrogens with zero attached hydrogens (tertiary/aromatic N) is 2. The second kappa shape index (κ2) is 5.46. The first-order chi connectivity index (χ1) is 7.54. The fraction of sp³-hybridized carbons (Fsp3) is 0.100. The molecular weight excluding hydrogens is 317 g/mol. The van der Waals surface area contributed by atoms with Crippen molar-refractivity contribution in [1.29, 1.82) is 10.7 Å². The first-order valence-corrected chi connectivity index (χ1v) is 5.47. The lowest BCUT2D eigenvalue weighted by Crippen LogP contribution is -2.21. The van der Waals surface area contributed by atoms with Crippen LogP contribution in [0.25, 0.3) is 0 Å². The number of hydrazone groups is 1. The molecule has 0 fully saturated rings. The summed E-state index contributed by atoms with van der Waals surface area (Å²) >= 11 is 2.21. The standard InChI is InChI=1S/C10H10IN5/c1-6-4-7(11)2-3-8(6)15-16-9(5-12)10(13)14/h2-4,15H,1H3,(H3,13,14)/b16-9+. The van der Waals surface area contributed by atoms with Gasteiger partial charge in [-0.15, -0.1) is 0 Å². The minimum atomic E-state index is -0.349. The number of aryl methyl sites for hydroxylation is 1. The van der Waals surface area contributed by atoms with Crippen LogP contribution < -0.4 is 11.2 Å². The third-order valence-electron chi connectivity index (χ3n) is 1.84. The van der Waals surface area contributed by atoms with Crippen molar-refractivity contribution in [3.05, 3.63) is 27.3 Å². The van der Waals surface area contributed by atoms with Gasteiger partial charge in [-0.25, -0.2) is 0 Å². The molecule has 0 saturated heterocycles. The van der Waals surface area contributed by atoms with Crippen molar-refractivity contribution in [3.8, 4) is 6.07 Å². The Bertz CT molecular complexity index is 486. The second-order valence-corrected chi connectivity index (χ2v) is 4.30. The molecule has 5 nitrogen and oxygen atoms in total. The van der Waals surface area contributed by atoms with Gasteiger partial charge in [-0.1, -0.05) is 0 Å². The Morgan fingerprint density at radius 3 is 2.81 bits per heavy atom. The minimum Gasteiger partial charge on any atom is -0.382 e. The number of benzene rings is 1. The summed E-state index contributed by atoms with van der Waals surface area (Å²) < 4.78 is 1.12. The predicted molar refractivity (Wildman–Crippen MR) is 72.5 cm³/mol. The molecule has 4 N–H and O–H groups in total. The zero-order chi connectivity index (χ0) is 12.1.